The van der Waals surface area contributed by atoms with Gasteiger partial charge in [-0.2, -0.15) is 0 Å². The molecule has 0 saturated carbocycles. The lowest BCUT2D eigenvalue weighted by Gasteiger charge is -2.23. The standard InChI is InChI=1S/C18H20N2O3S/c1-19(13-17-7-4-10-24-17)18(21)14-20(11-15-5-2-8-22-15)12-16-6-3-9-23-16/h2-10H,11-14H2,1H3. The third-order valence-electron chi connectivity index (χ3n) is 3.68. The van der Waals surface area contributed by atoms with Crippen molar-refractivity contribution < 1.29 is 13.6 Å². The van der Waals surface area contributed by atoms with Gasteiger partial charge in [-0.25, -0.2) is 0 Å². The molecule has 3 aromatic rings. The van der Waals surface area contributed by atoms with Crippen molar-refractivity contribution >= 4 is 17.2 Å². The van der Waals surface area contributed by atoms with Crippen molar-refractivity contribution in [3.63, 3.8) is 0 Å². The second-order valence-electron chi connectivity index (χ2n) is 5.63. The Balaban J connectivity index is 1.62. The Bertz CT molecular complexity index is 684. The SMILES string of the molecule is CN(Cc1cccs1)C(=O)CN(Cc1ccco1)Cc1ccco1. The van der Waals surface area contributed by atoms with Crippen LogP contribution in [0.1, 0.15) is 16.4 Å². The van der Waals surface area contributed by atoms with Crippen molar-refractivity contribution in [3.8, 4) is 0 Å². The fourth-order valence-corrected chi connectivity index (χ4v) is 3.21. The summed E-state index contributed by atoms with van der Waals surface area (Å²) in [6.07, 6.45) is 3.29. The number of amides is 1. The highest BCUT2D eigenvalue weighted by atomic mass is 32.1. The largest absolute Gasteiger partial charge is 0.468 e. The Morgan fingerprint density at radius 2 is 1.67 bits per heavy atom. The second kappa shape index (κ2) is 7.99. The summed E-state index contributed by atoms with van der Waals surface area (Å²) >= 11 is 1.66. The van der Waals surface area contributed by atoms with Gasteiger partial charge in [0.1, 0.15) is 11.5 Å². The van der Waals surface area contributed by atoms with Crippen LogP contribution in [0, 0.1) is 0 Å². The van der Waals surface area contributed by atoms with E-state index in [1.807, 2.05) is 53.7 Å². The van der Waals surface area contributed by atoms with Gasteiger partial charge in [-0.15, -0.1) is 11.3 Å². The van der Waals surface area contributed by atoms with Crippen LogP contribution in [-0.2, 0) is 24.4 Å². The van der Waals surface area contributed by atoms with Gasteiger partial charge in [-0.1, -0.05) is 6.07 Å². The summed E-state index contributed by atoms with van der Waals surface area (Å²) in [7, 11) is 1.83. The number of hydrogen-bond acceptors (Lipinski definition) is 5. The first-order chi connectivity index (χ1) is 11.7. The van der Waals surface area contributed by atoms with Crippen molar-refractivity contribution in [2.24, 2.45) is 0 Å². The van der Waals surface area contributed by atoms with E-state index < -0.39 is 0 Å². The normalized spacial score (nSPS) is 11.1. The van der Waals surface area contributed by atoms with Gasteiger partial charge in [0.05, 0.1) is 38.7 Å². The van der Waals surface area contributed by atoms with Crippen LogP contribution in [0.15, 0.2) is 63.1 Å². The van der Waals surface area contributed by atoms with Gasteiger partial charge in [-0.05, 0) is 35.7 Å². The minimum Gasteiger partial charge on any atom is -0.468 e. The monoisotopic (exact) mass is 344 g/mol. The molecule has 3 aromatic heterocycles. The Labute approximate surface area is 145 Å². The number of carbonyl (C=O) groups excluding carboxylic acids is 1. The van der Waals surface area contributed by atoms with Crippen LogP contribution >= 0.6 is 11.3 Å². The van der Waals surface area contributed by atoms with E-state index in [1.165, 1.54) is 4.88 Å². The molecule has 0 saturated heterocycles. The van der Waals surface area contributed by atoms with Gasteiger partial charge in [0.2, 0.25) is 5.91 Å². The third-order valence-corrected chi connectivity index (χ3v) is 4.54. The summed E-state index contributed by atoms with van der Waals surface area (Å²) in [5.41, 5.74) is 0. The quantitative estimate of drug-likeness (QED) is 0.626. The first kappa shape index (κ1) is 16.5. The summed E-state index contributed by atoms with van der Waals surface area (Å²) in [5, 5.41) is 2.02. The molecular weight excluding hydrogens is 324 g/mol. The van der Waals surface area contributed by atoms with E-state index >= 15 is 0 Å². The second-order valence-corrected chi connectivity index (χ2v) is 6.67. The van der Waals surface area contributed by atoms with Gasteiger partial charge >= 0.3 is 0 Å². The molecule has 6 heteroatoms. The van der Waals surface area contributed by atoms with Gasteiger partial charge in [0.25, 0.3) is 0 Å². The predicted octanol–water partition coefficient (Wildman–Crippen LogP) is 3.59. The highest BCUT2D eigenvalue weighted by Crippen LogP contribution is 2.13. The van der Waals surface area contributed by atoms with Crippen LogP contribution in [0.4, 0.5) is 0 Å². The van der Waals surface area contributed by atoms with Crippen LogP contribution in [0.3, 0.4) is 0 Å². The van der Waals surface area contributed by atoms with Crippen molar-refractivity contribution in [2.45, 2.75) is 19.6 Å². The van der Waals surface area contributed by atoms with E-state index in [2.05, 4.69) is 0 Å². The van der Waals surface area contributed by atoms with Crippen LogP contribution < -0.4 is 0 Å². The van der Waals surface area contributed by atoms with Crippen LogP contribution in [0.5, 0.6) is 0 Å². The number of furan rings is 2. The molecule has 3 heterocycles. The summed E-state index contributed by atoms with van der Waals surface area (Å²) in [5.74, 6) is 1.73. The van der Waals surface area contributed by atoms with E-state index in [4.69, 9.17) is 8.83 Å². The molecule has 0 unspecified atom stereocenters. The Morgan fingerprint density at radius 1 is 1.00 bits per heavy atom. The molecule has 1 amide bonds. The molecule has 0 aliphatic rings. The smallest absolute Gasteiger partial charge is 0.236 e. The molecule has 24 heavy (non-hydrogen) atoms. The van der Waals surface area contributed by atoms with E-state index in [9.17, 15) is 4.79 Å². The minimum atomic E-state index is 0.0708. The highest BCUT2D eigenvalue weighted by molar-refractivity contribution is 7.09. The molecule has 3 rings (SSSR count). The third kappa shape index (κ3) is 4.59. The average Bonchev–Trinajstić information content (AvgIpc) is 3.30. The van der Waals surface area contributed by atoms with Crippen LogP contribution in [0.25, 0.3) is 0 Å². The molecule has 5 nitrogen and oxygen atoms in total. The molecule has 0 spiro atoms. The maximum Gasteiger partial charge on any atom is 0.236 e. The van der Waals surface area contributed by atoms with Crippen LogP contribution in [-0.4, -0.2) is 29.3 Å². The van der Waals surface area contributed by atoms with E-state index in [0.29, 0.717) is 26.2 Å². The Hall–Kier alpha value is -2.31. The number of likely N-dealkylation sites (N-methyl/N-ethyl adjacent to an activating group) is 1. The summed E-state index contributed by atoms with van der Waals surface area (Å²) in [6.45, 7) is 2.06. The lowest BCUT2D eigenvalue weighted by Crippen LogP contribution is -2.37. The van der Waals surface area contributed by atoms with Crippen molar-refractivity contribution in [3.05, 3.63) is 70.7 Å². The lowest BCUT2D eigenvalue weighted by atomic mass is 10.3. The van der Waals surface area contributed by atoms with E-state index in [1.54, 1.807) is 28.8 Å². The molecule has 0 aliphatic carbocycles. The Morgan fingerprint density at radius 3 is 2.17 bits per heavy atom. The molecular formula is C18H20N2O3S. The summed E-state index contributed by atoms with van der Waals surface area (Å²) < 4.78 is 10.8. The zero-order valence-corrected chi connectivity index (χ0v) is 14.4. The topological polar surface area (TPSA) is 49.8 Å². The fourth-order valence-electron chi connectivity index (χ4n) is 2.45. The molecule has 0 bridgehead atoms. The molecule has 0 N–H and O–H groups in total. The van der Waals surface area contributed by atoms with Crippen molar-refractivity contribution in [1.29, 1.82) is 0 Å². The molecule has 0 fully saturated rings. The number of carbonyl (C=O) groups is 1. The fraction of sp³-hybridized carbons (Fsp3) is 0.278. The number of rotatable bonds is 8. The molecule has 0 atom stereocenters. The first-order valence-corrected chi connectivity index (χ1v) is 8.62. The highest BCUT2D eigenvalue weighted by Gasteiger charge is 2.17. The zero-order chi connectivity index (χ0) is 16.8. The van der Waals surface area contributed by atoms with Crippen molar-refractivity contribution in [2.75, 3.05) is 13.6 Å². The molecule has 0 radical (unpaired) electrons. The minimum absolute atomic E-state index is 0.0708. The molecule has 0 aromatic carbocycles. The van der Waals surface area contributed by atoms with Crippen molar-refractivity contribution in [1.82, 2.24) is 9.80 Å². The Kier molecular flexibility index (Phi) is 5.51. The van der Waals surface area contributed by atoms with Gasteiger partial charge in [0, 0.05) is 11.9 Å². The number of thiophene rings is 1. The number of nitrogens with zero attached hydrogens (tertiary/aromatic N) is 2. The van der Waals surface area contributed by atoms with Gasteiger partial charge in [-0.3, -0.25) is 9.69 Å². The van der Waals surface area contributed by atoms with Gasteiger partial charge < -0.3 is 13.7 Å². The first-order valence-electron chi connectivity index (χ1n) is 7.74. The maximum absolute atomic E-state index is 12.6. The van der Waals surface area contributed by atoms with Crippen LogP contribution in [0.2, 0.25) is 0 Å². The average molecular weight is 344 g/mol. The predicted molar refractivity (Wildman–Crippen MR) is 92.3 cm³/mol. The van der Waals surface area contributed by atoms with E-state index in [-0.39, 0.29) is 5.91 Å². The lowest BCUT2D eigenvalue weighted by molar-refractivity contribution is -0.132. The molecule has 126 valence electrons. The number of hydrogen-bond donors (Lipinski definition) is 0. The van der Waals surface area contributed by atoms with Gasteiger partial charge in [0.15, 0.2) is 0 Å². The van der Waals surface area contributed by atoms with E-state index in [0.717, 1.165) is 11.5 Å². The zero-order valence-electron chi connectivity index (χ0n) is 13.6. The maximum atomic E-state index is 12.6. The summed E-state index contributed by atoms with van der Waals surface area (Å²) in [4.78, 5) is 17.5. The molecule has 0 aliphatic heterocycles. The summed E-state index contributed by atoms with van der Waals surface area (Å²) in [6, 6.07) is 11.6.